The van der Waals surface area contributed by atoms with E-state index in [1.807, 2.05) is 0 Å². The lowest BCUT2D eigenvalue weighted by Gasteiger charge is -2.23. The first kappa shape index (κ1) is 15.9. The van der Waals surface area contributed by atoms with Gasteiger partial charge in [0.15, 0.2) is 0 Å². The second kappa shape index (κ2) is 8.06. The van der Waals surface area contributed by atoms with E-state index >= 15 is 0 Å². The third kappa shape index (κ3) is 4.51. The van der Waals surface area contributed by atoms with Crippen molar-refractivity contribution in [2.75, 3.05) is 31.6 Å². The molecule has 112 valence electrons. The second-order valence-corrected chi connectivity index (χ2v) is 7.03. The first-order chi connectivity index (χ1) is 9.70. The smallest absolute Gasteiger partial charge is 0.0233 e. The maximum Gasteiger partial charge on any atom is 0.0233 e. The fourth-order valence-corrected chi connectivity index (χ4v) is 4.02. The number of rotatable bonds is 7. The van der Waals surface area contributed by atoms with Gasteiger partial charge in [0.1, 0.15) is 0 Å². The van der Waals surface area contributed by atoms with Crippen molar-refractivity contribution in [1.82, 2.24) is 10.2 Å². The molecule has 2 atom stereocenters. The Bertz CT molecular complexity index is 384. The van der Waals surface area contributed by atoms with Gasteiger partial charge in [0.2, 0.25) is 0 Å². The molecule has 2 nitrogen and oxygen atoms in total. The van der Waals surface area contributed by atoms with Gasteiger partial charge >= 0.3 is 0 Å². The first-order valence-corrected chi connectivity index (χ1v) is 8.93. The molecule has 0 saturated carbocycles. The minimum atomic E-state index is 0.591. The van der Waals surface area contributed by atoms with Crippen LogP contribution in [-0.4, -0.2) is 42.6 Å². The predicted molar refractivity (Wildman–Crippen MR) is 90.6 cm³/mol. The number of nitrogens with one attached hydrogen (secondary N) is 1. The van der Waals surface area contributed by atoms with Crippen LogP contribution in [0.2, 0.25) is 0 Å². The summed E-state index contributed by atoms with van der Waals surface area (Å²) in [4.78, 5) is 2.51. The normalized spacial score (nSPS) is 20.5. The molecular weight excluding hydrogens is 264 g/mol. The SMILES string of the molecule is CCNCC(C)c1ccc(CN(C)C2CCSC2)cc1. The molecule has 1 aliphatic heterocycles. The van der Waals surface area contributed by atoms with Crippen LogP contribution in [0.5, 0.6) is 0 Å². The van der Waals surface area contributed by atoms with Crippen molar-refractivity contribution in [1.29, 1.82) is 0 Å². The van der Waals surface area contributed by atoms with Crippen LogP contribution in [0, 0.1) is 0 Å². The van der Waals surface area contributed by atoms with E-state index in [1.54, 1.807) is 0 Å². The Morgan fingerprint density at radius 2 is 2.10 bits per heavy atom. The van der Waals surface area contributed by atoms with Crippen molar-refractivity contribution >= 4 is 11.8 Å². The molecule has 1 aromatic rings. The van der Waals surface area contributed by atoms with Crippen LogP contribution in [-0.2, 0) is 6.54 Å². The molecule has 1 heterocycles. The van der Waals surface area contributed by atoms with Crippen molar-refractivity contribution < 1.29 is 0 Å². The lowest BCUT2D eigenvalue weighted by atomic mass is 9.99. The molecular formula is C17H28N2S. The van der Waals surface area contributed by atoms with Crippen LogP contribution in [0.25, 0.3) is 0 Å². The van der Waals surface area contributed by atoms with Crippen molar-refractivity contribution in [2.24, 2.45) is 0 Å². The minimum absolute atomic E-state index is 0.591. The number of hydrogen-bond donors (Lipinski definition) is 1. The van der Waals surface area contributed by atoms with Crippen molar-refractivity contribution in [2.45, 2.75) is 38.8 Å². The summed E-state index contributed by atoms with van der Waals surface area (Å²) in [7, 11) is 2.26. The molecule has 1 aliphatic rings. The number of benzene rings is 1. The molecule has 1 fully saturated rings. The Morgan fingerprint density at radius 3 is 2.70 bits per heavy atom. The van der Waals surface area contributed by atoms with Crippen molar-refractivity contribution in [3.8, 4) is 0 Å². The van der Waals surface area contributed by atoms with E-state index in [0.717, 1.165) is 25.7 Å². The van der Waals surface area contributed by atoms with Crippen LogP contribution >= 0.6 is 11.8 Å². The Hall–Kier alpha value is -0.510. The lowest BCUT2D eigenvalue weighted by Crippen LogP contribution is -2.30. The van der Waals surface area contributed by atoms with Crippen molar-refractivity contribution in [3.05, 3.63) is 35.4 Å². The first-order valence-electron chi connectivity index (χ1n) is 7.78. The van der Waals surface area contributed by atoms with Gasteiger partial charge in [0, 0.05) is 24.9 Å². The highest BCUT2D eigenvalue weighted by atomic mass is 32.2. The van der Waals surface area contributed by atoms with E-state index in [2.05, 4.69) is 67.1 Å². The molecule has 1 saturated heterocycles. The van der Waals surface area contributed by atoms with E-state index < -0.39 is 0 Å². The zero-order valence-corrected chi connectivity index (χ0v) is 13.9. The van der Waals surface area contributed by atoms with Gasteiger partial charge in [0.05, 0.1) is 0 Å². The van der Waals surface area contributed by atoms with Crippen molar-refractivity contribution in [3.63, 3.8) is 0 Å². The van der Waals surface area contributed by atoms with Crippen LogP contribution in [0.4, 0.5) is 0 Å². The molecule has 0 bridgehead atoms. The minimum Gasteiger partial charge on any atom is -0.316 e. The third-order valence-electron chi connectivity index (χ3n) is 4.21. The van der Waals surface area contributed by atoms with E-state index in [0.29, 0.717) is 5.92 Å². The van der Waals surface area contributed by atoms with E-state index in [1.165, 1.54) is 29.1 Å². The highest BCUT2D eigenvalue weighted by Gasteiger charge is 2.19. The van der Waals surface area contributed by atoms with Gasteiger partial charge in [-0.05, 0) is 42.8 Å². The fourth-order valence-electron chi connectivity index (χ4n) is 2.72. The third-order valence-corrected chi connectivity index (χ3v) is 5.36. The molecule has 2 unspecified atom stereocenters. The van der Waals surface area contributed by atoms with Gasteiger partial charge in [-0.3, -0.25) is 4.90 Å². The van der Waals surface area contributed by atoms with Gasteiger partial charge in [-0.15, -0.1) is 0 Å². The maximum absolute atomic E-state index is 3.42. The highest BCUT2D eigenvalue weighted by Crippen LogP contribution is 2.23. The Morgan fingerprint density at radius 1 is 1.35 bits per heavy atom. The van der Waals surface area contributed by atoms with Gasteiger partial charge in [0.25, 0.3) is 0 Å². The molecule has 0 aliphatic carbocycles. The summed E-state index contributed by atoms with van der Waals surface area (Å²) in [6.45, 7) is 7.64. The summed E-state index contributed by atoms with van der Waals surface area (Å²) >= 11 is 2.09. The lowest BCUT2D eigenvalue weighted by molar-refractivity contribution is 0.254. The number of hydrogen-bond acceptors (Lipinski definition) is 3. The molecule has 2 rings (SSSR count). The summed E-state index contributed by atoms with van der Waals surface area (Å²) in [6, 6.07) is 9.97. The predicted octanol–water partition coefficient (Wildman–Crippen LogP) is 3.34. The number of thioether (sulfide) groups is 1. The van der Waals surface area contributed by atoms with E-state index in [9.17, 15) is 0 Å². The van der Waals surface area contributed by atoms with Crippen LogP contribution in [0.3, 0.4) is 0 Å². The van der Waals surface area contributed by atoms with Gasteiger partial charge in [-0.25, -0.2) is 0 Å². The van der Waals surface area contributed by atoms with Gasteiger partial charge in [-0.1, -0.05) is 38.1 Å². The molecule has 1 aromatic carbocycles. The fraction of sp³-hybridized carbons (Fsp3) is 0.647. The molecule has 1 N–H and O–H groups in total. The Labute approximate surface area is 128 Å². The molecule has 20 heavy (non-hydrogen) atoms. The maximum atomic E-state index is 3.42. The largest absolute Gasteiger partial charge is 0.316 e. The molecule has 0 amide bonds. The Balaban J connectivity index is 1.87. The van der Waals surface area contributed by atoms with Crippen LogP contribution in [0.1, 0.15) is 37.3 Å². The summed E-state index contributed by atoms with van der Waals surface area (Å²) in [5.41, 5.74) is 2.87. The second-order valence-electron chi connectivity index (χ2n) is 5.88. The van der Waals surface area contributed by atoms with Gasteiger partial charge in [-0.2, -0.15) is 11.8 Å². The van der Waals surface area contributed by atoms with Crippen LogP contribution in [0.15, 0.2) is 24.3 Å². The van der Waals surface area contributed by atoms with Gasteiger partial charge < -0.3 is 5.32 Å². The molecule has 0 spiro atoms. The van der Waals surface area contributed by atoms with E-state index in [4.69, 9.17) is 0 Å². The monoisotopic (exact) mass is 292 g/mol. The number of likely N-dealkylation sites (N-methyl/N-ethyl adjacent to an activating group) is 1. The molecule has 0 aromatic heterocycles. The average Bonchev–Trinajstić information content (AvgIpc) is 3.00. The molecule has 3 heteroatoms. The standard InChI is InChI=1S/C17H28N2S/c1-4-18-11-14(2)16-7-5-15(6-8-16)12-19(3)17-9-10-20-13-17/h5-8,14,17-18H,4,9-13H2,1-3H3. The topological polar surface area (TPSA) is 15.3 Å². The molecule has 0 radical (unpaired) electrons. The zero-order valence-electron chi connectivity index (χ0n) is 13.1. The average molecular weight is 292 g/mol. The Kier molecular flexibility index (Phi) is 6.40. The van der Waals surface area contributed by atoms with Crippen LogP contribution < -0.4 is 5.32 Å². The zero-order chi connectivity index (χ0) is 14.4. The summed E-state index contributed by atoms with van der Waals surface area (Å²) in [6.07, 6.45) is 1.35. The quantitative estimate of drug-likeness (QED) is 0.830. The summed E-state index contributed by atoms with van der Waals surface area (Å²) < 4.78 is 0. The summed E-state index contributed by atoms with van der Waals surface area (Å²) in [5.74, 6) is 3.22. The summed E-state index contributed by atoms with van der Waals surface area (Å²) in [5, 5.41) is 3.42. The number of nitrogens with zero attached hydrogens (tertiary/aromatic N) is 1. The highest BCUT2D eigenvalue weighted by molar-refractivity contribution is 7.99. The van der Waals surface area contributed by atoms with E-state index in [-0.39, 0.29) is 0 Å².